The largest absolute Gasteiger partial charge is 0.435 e. The first-order valence-electron chi connectivity index (χ1n) is 6.72. The van der Waals surface area contributed by atoms with Crippen LogP contribution >= 0.6 is 0 Å². The molecular formula is C16H14F3NO3. The molecule has 2 N–H and O–H groups in total. The number of carbonyl (C=O) groups excluding carboxylic acids is 1. The molecule has 0 radical (unpaired) electrons. The molecule has 2 aromatic rings. The van der Waals surface area contributed by atoms with Crippen LogP contribution in [0.5, 0.6) is 5.75 Å². The molecule has 0 spiro atoms. The molecule has 0 aromatic heterocycles. The van der Waals surface area contributed by atoms with Crippen molar-refractivity contribution in [1.29, 1.82) is 0 Å². The number of aliphatic hydroxyl groups excluding tert-OH is 1. The van der Waals surface area contributed by atoms with Gasteiger partial charge in [0.1, 0.15) is 11.6 Å². The normalized spacial score (nSPS) is 12.0. The number of carbonyl (C=O) groups is 1. The topological polar surface area (TPSA) is 58.6 Å². The van der Waals surface area contributed by atoms with Crippen LogP contribution in [0.2, 0.25) is 0 Å². The van der Waals surface area contributed by atoms with Crippen molar-refractivity contribution in [2.75, 3.05) is 6.54 Å². The van der Waals surface area contributed by atoms with E-state index < -0.39 is 24.4 Å². The first-order chi connectivity index (χ1) is 11.0. The zero-order valence-electron chi connectivity index (χ0n) is 11.9. The molecule has 23 heavy (non-hydrogen) atoms. The van der Waals surface area contributed by atoms with E-state index >= 15 is 0 Å². The Morgan fingerprint density at radius 3 is 2.52 bits per heavy atom. The van der Waals surface area contributed by atoms with E-state index in [2.05, 4.69) is 10.1 Å². The van der Waals surface area contributed by atoms with E-state index in [9.17, 15) is 23.1 Å². The van der Waals surface area contributed by atoms with Gasteiger partial charge < -0.3 is 15.2 Å². The van der Waals surface area contributed by atoms with Crippen molar-refractivity contribution in [3.8, 4) is 5.75 Å². The lowest BCUT2D eigenvalue weighted by Crippen LogP contribution is -2.28. The Morgan fingerprint density at radius 1 is 1.17 bits per heavy atom. The number of hydrogen-bond acceptors (Lipinski definition) is 3. The fourth-order valence-corrected chi connectivity index (χ4v) is 1.91. The van der Waals surface area contributed by atoms with Gasteiger partial charge in [0.25, 0.3) is 5.91 Å². The van der Waals surface area contributed by atoms with Crippen LogP contribution in [0.15, 0.2) is 48.5 Å². The highest BCUT2D eigenvalue weighted by Crippen LogP contribution is 2.16. The molecule has 0 fully saturated rings. The fourth-order valence-electron chi connectivity index (χ4n) is 1.91. The molecule has 0 heterocycles. The Bertz CT molecular complexity index is 662. The van der Waals surface area contributed by atoms with Crippen molar-refractivity contribution in [2.45, 2.75) is 12.7 Å². The summed E-state index contributed by atoms with van der Waals surface area (Å²) in [5.41, 5.74) is 0.566. The summed E-state index contributed by atoms with van der Waals surface area (Å²) in [6.45, 7) is -3.08. The monoisotopic (exact) mass is 325 g/mol. The van der Waals surface area contributed by atoms with Gasteiger partial charge in [-0.2, -0.15) is 8.78 Å². The average Bonchev–Trinajstić information content (AvgIpc) is 2.52. The second kappa shape index (κ2) is 7.64. The van der Waals surface area contributed by atoms with Crippen molar-refractivity contribution in [2.24, 2.45) is 0 Å². The van der Waals surface area contributed by atoms with Crippen molar-refractivity contribution >= 4 is 5.91 Å². The second-order valence-corrected chi connectivity index (χ2v) is 4.68. The van der Waals surface area contributed by atoms with Gasteiger partial charge in [0.15, 0.2) is 0 Å². The van der Waals surface area contributed by atoms with Crippen LogP contribution in [0.25, 0.3) is 0 Å². The number of alkyl halides is 2. The molecule has 1 amide bonds. The molecule has 0 saturated heterocycles. The summed E-state index contributed by atoms with van der Waals surface area (Å²) in [5.74, 6) is -1.11. The number of halogens is 3. The lowest BCUT2D eigenvalue weighted by atomic mass is 10.1. The summed E-state index contributed by atoms with van der Waals surface area (Å²) in [6.07, 6.45) is -1.01. The molecule has 0 bridgehead atoms. The Hall–Kier alpha value is -2.54. The van der Waals surface area contributed by atoms with E-state index in [-0.39, 0.29) is 17.9 Å². The van der Waals surface area contributed by atoms with Gasteiger partial charge in [-0.05, 0) is 35.9 Å². The summed E-state index contributed by atoms with van der Waals surface area (Å²) in [6, 6.07) is 10.5. The highest BCUT2D eigenvalue weighted by Gasteiger charge is 2.12. The molecule has 7 heteroatoms. The number of amides is 1. The van der Waals surface area contributed by atoms with Crippen molar-refractivity contribution in [3.63, 3.8) is 0 Å². The quantitative estimate of drug-likeness (QED) is 0.858. The van der Waals surface area contributed by atoms with Crippen LogP contribution in [0.4, 0.5) is 13.2 Å². The predicted molar refractivity (Wildman–Crippen MR) is 76.8 cm³/mol. The third-order valence-corrected chi connectivity index (χ3v) is 3.03. The van der Waals surface area contributed by atoms with Crippen molar-refractivity contribution in [3.05, 3.63) is 65.5 Å². The maximum absolute atomic E-state index is 12.8. The van der Waals surface area contributed by atoms with E-state index in [0.717, 1.165) is 0 Å². The number of nitrogens with one attached hydrogen (secondary N) is 1. The van der Waals surface area contributed by atoms with Gasteiger partial charge in [0.2, 0.25) is 0 Å². The summed E-state index contributed by atoms with van der Waals surface area (Å²) in [5, 5.41) is 12.4. The Balaban J connectivity index is 1.95. The molecule has 2 rings (SSSR count). The second-order valence-electron chi connectivity index (χ2n) is 4.68. The molecule has 0 saturated carbocycles. The minimum atomic E-state index is -2.98. The van der Waals surface area contributed by atoms with Gasteiger partial charge in [0.05, 0.1) is 6.10 Å². The van der Waals surface area contributed by atoms with Crippen molar-refractivity contribution in [1.82, 2.24) is 5.32 Å². The van der Waals surface area contributed by atoms with Gasteiger partial charge in [-0.3, -0.25) is 4.79 Å². The lowest BCUT2D eigenvalue weighted by Gasteiger charge is -2.13. The summed E-state index contributed by atoms with van der Waals surface area (Å²) >= 11 is 0. The third-order valence-electron chi connectivity index (χ3n) is 3.03. The minimum absolute atomic E-state index is 0.107. The standard InChI is InChI=1S/C16H14F3NO3/c17-12-6-4-10(5-7-12)14(21)9-20-15(22)11-2-1-3-13(8-11)23-16(18)19/h1-8,14,16,21H,9H2,(H,20,22)/t14-/m0/s1. The summed E-state index contributed by atoms with van der Waals surface area (Å²) in [4.78, 5) is 11.9. The fraction of sp³-hybridized carbons (Fsp3) is 0.188. The number of benzene rings is 2. The van der Waals surface area contributed by atoms with E-state index in [1.807, 2.05) is 0 Å². The van der Waals surface area contributed by atoms with Crippen LogP contribution < -0.4 is 10.1 Å². The first-order valence-corrected chi connectivity index (χ1v) is 6.72. The van der Waals surface area contributed by atoms with Gasteiger partial charge in [-0.15, -0.1) is 0 Å². The average molecular weight is 325 g/mol. The molecule has 4 nitrogen and oxygen atoms in total. The van der Waals surface area contributed by atoms with Gasteiger partial charge in [-0.1, -0.05) is 18.2 Å². The van der Waals surface area contributed by atoms with E-state index in [4.69, 9.17) is 0 Å². The smallest absolute Gasteiger partial charge is 0.387 e. The highest BCUT2D eigenvalue weighted by molar-refractivity contribution is 5.94. The number of rotatable bonds is 6. The van der Waals surface area contributed by atoms with Gasteiger partial charge in [-0.25, -0.2) is 4.39 Å². The molecule has 0 unspecified atom stereocenters. The molecule has 122 valence electrons. The van der Waals surface area contributed by atoms with Crippen LogP contribution in [-0.2, 0) is 0 Å². The predicted octanol–water partition coefficient (Wildman–Crippen LogP) is 2.89. The van der Waals surface area contributed by atoms with Crippen LogP contribution in [0.1, 0.15) is 22.0 Å². The maximum atomic E-state index is 12.8. The first kappa shape index (κ1) is 16.8. The molecule has 2 aromatic carbocycles. The molecule has 0 aliphatic heterocycles. The zero-order chi connectivity index (χ0) is 16.8. The number of ether oxygens (including phenoxy) is 1. The lowest BCUT2D eigenvalue weighted by molar-refractivity contribution is -0.0498. The number of aliphatic hydroxyl groups is 1. The highest BCUT2D eigenvalue weighted by atomic mass is 19.3. The SMILES string of the molecule is O=C(NC[C@H](O)c1ccc(F)cc1)c1cccc(OC(F)F)c1. The van der Waals surface area contributed by atoms with Crippen molar-refractivity contribution < 1.29 is 27.8 Å². The number of hydrogen-bond donors (Lipinski definition) is 2. The molecular weight excluding hydrogens is 311 g/mol. The van der Waals surface area contributed by atoms with E-state index in [0.29, 0.717) is 5.56 Å². The van der Waals surface area contributed by atoms with E-state index in [1.165, 1.54) is 48.5 Å². The van der Waals surface area contributed by atoms with Gasteiger partial charge >= 0.3 is 6.61 Å². The van der Waals surface area contributed by atoms with Crippen LogP contribution in [0, 0.1) is 5.82 Å². The van der Waals surface area contributed by atoms with E-state index in [1.54, 1.807) is 0 Å². The third kappa shape index (κ3) is 5.00. The van der Waals surface area contributed by atoms with Gasteiger partial charge in [0, 0.05) is 12.1 Å². The summed E-state index contributed by atoms with van der Waals surface area (Å²) in [7, 11) is 0. The van der Waals surface area contributed by atoms with Crippen LogP contribution in [-0.4, -0.2) is 24.2 Å². The summed E-state index contributed by atoms with van der Waals surface area (Å²) < 4.78 is 41.3. The minimum Gasteiger partial charge on any atom is -0.435 e. The Labute approximate surface area is 130 Å². The Kier molecular flexibility index (Phi) is 5.59. The zero-order valence-corrected chi connectivity index (χ0v) is 11.9. The molecule has 0 aliphatic rings. The maximum Gasteiger partial charge on any atom is 0.387 e. The van der Waals surface area contributed by atoms with Crippen LogP contribution in [0.3, 0.4) is 0 Å². The molecule has 0 aliphatic carbocycles. The Morgan fingerprint density at radius 2 is 1.87 bits per heavy atom. The molecule has 1 atom stereocenters.